The van der Waals surface area contributed by atoms with Crippen molar-refractivity contribution in [1.29, 1.82) is 0 Å². The summed E-state index contributed by atoms with van der Waals surface area (Å²) in [7, 11) is 0. The fourth-order valence-electron chi connectivity index (χ4n) is 1.55. The molecule has 2 N–H and O–H groups in total. The lowest BCUT2D eigenvalue weighted by molar-refractivity contribution is 0.555. The molecule has 1 fully saturated rings. The van der Waals surface area contributed by atoms with Gasteiger partial charge in [0, 0.05) is 5.54 Å². The van der Waals surface area contributed by atoms with E-state index in [2.05, 4.69) is 13.0 Å². The highest BCUT2D eigenvalue weighted by Gasteiger charge is 2.37. The molecule has 0 radical (unpaired) electrons. The summed E-state index contributed by atoms with van der Waals surface area (Å²) in [5.74, 6) is 0.935. The van der Waals surface area contributed by atoms with E-state index in [0.717, 1.165) is 18.6 Å². The first-order chi connectivity index (χ1) is 6.68. The van der Waals surface area contributed by atoms with Crippen molar-refractivity contribution in [3.05, 3.63) is 29.7 Å². The number of allylic oxidation sites excluding steroid dienone is 1. The molecule has 1 aromatic rings. The summed E-state index contributed by atoms with van der Waals surface area (Å²) in [6.07, 6.45) is 8.37. The average molecular weight is 191 g/mol. The van der Waals surface area contributed by atoms with Gasteiger partial charge in [-0.25, -0.2) is 0 Å². The van der Waals surface area contributed by atoms with Gasteiger partial charge in [-0.15, -0.1) is 0 Å². The van der Waals surface area contributed by atoms with Crippen molar-refractivity contribution in [3.8, 4) is 0 Å². The Hall–Kier alpha value is -1.02. The highest BCUT2D eigenvalue weighted by atomic mass is 16.3. The van der Waals surface area contributed by atoms with Crippen LogP contribution in [0.4, 0.5) is 0 Å². The van der Waals surface area contributed by atoms with Crippen molar-refractivity contribution in [3.63, 3.8) is 0 Å². The van der Waals surface area contributed by atoms with Crippen LogP contribution < -0.4 is 5.73 Å². The van der Waals surface area contributed by atoms with E-state index >= 15 is 0 Å². The van der Waals surface area contributed by atoms with Crippen LogP contribution >= 0.6 is 0 Å². The second-order valence-corrected chi connectivity index (χ2v) is 4.37. The van der Waals surface area contributed by atoms with Gasteiger partial charge in [-0.3, -0.25) is 0 Å². The van der Waals surface area contributed by atoms with E-state index in [9.17, 15) is 0 Å². The lowest BCUT2D eigenvalue weighted by Crippen LogP contribution is -2.21. The topological polar surface area (TPSA) is 39.2 Å². The van der Waals surface area contributed by atoms with Crippen molar-refractivity contribution in [2.75, 3.05) is 0 Å². The summed E-state index contributed by atoms with van der Waals surface area (Å²) >= 11 is 0. The lowest BCUT2D eigenvalue weighted by Gasteiger charge is -2.07. The van der Waals surface area contributed by atoms with Gasteiger partial charge in [0.05, 0.1) is 6.26 Å². The Balaban J connectivity index is 1.85. The number of rotatable bonds is 4. The smallest absolute Gasteiger partial charge is 0.126 e. The van der Waals surface area contributed by atoms with Crippen molar-refractivity contribution < 1.29 is 4.42 Å². The summed E-state index contributed by atoms with van der Waals surface area (Å²) in [6, 6.07) is 3.88. The van der Waals surface area contributed by atoms with Crippen LogP contribution in [0.2, 0.25) is 0 Å². The zero-order chi connectivity index (χ0) is 10.0. The molecule has 2 heteroatoms. The van der Waals surface area contributed by atoms with Crippen LogP contribution in [0.15, 0.2) is 28.4 Å². The first-order valence-corrected chi connectivity index (χ1v) is 5.18. The molecule has 2 rings (SSSR count). The largest absolute Gasteiger partial charge is 0.465 e. The third-order valence-corrected chi connectivity index (χ3v) is 2.84. The second kappa shape index (κ2) is 3.62. The first kappa shape index (κ1) is 9.53. The van der Waals surface area contributed by atoms with Crippen molar-refractivity contribution in [2.45, 2.75) is 38.1 Å². The molecule has 0 saturated heterocycles. The molecule has 1 aliphatic carbocycles. The van der Waals surface area contributed by atoms with E-state index in [4.69, 9.17) is 10.2 Å². The van der Waals surface area contributed by atoms with Gasteiger partial charge in [0.2, 0.25) is 0 Å². The van der Waals surface area contributed by atoms with Gasteiger partial charge < -0.3 is 10.2 Å². The summed E-state index contributed by atoms with van der Waals surface area (Å²) in [6.45, 7) is 2.13. The van der Waals surface area contributed by atoms with Gasteiger partial charge in [0.15, 0.2) is 0 Å². The minimum absolute atomic E-state index is 0.165. The minimum Gasteiger partial charge on any atom is -0.465 e. The first-order valence-electron chi connectivity index (χ1n) is 5.18. The number of hydrogen-bond donors (Lipinski definition) is 1. The Kier molecular flexibility index (Phi) is 2.46. The second-order valence-electron chi connectivity index (χ2n) is 4.37. The highest BCUT2D eigenvalue weighted by Crippen LogP contribution is 2.37. The van der Waals surface area contributed by atoms with Crippen LogP contribution in [-0.2, 0) is 0 Å². The molecule has 0 bridgehead atoms. The van der Waals surface area contributed by atoms with Crippen molar-refractivity contribution in [1.82, 2.24) is 0 Å². The standard InChI is InChI=1S/C12H17NO/c1-10(4-5-12(13)6-7-12)9-11-3-2-8-14-11/h2-3,8-9H,4-7,13H2,1H3/b10-9+. The zero-order valence-corrected chi connectivity index (χ0v) is 8.62. The Labute approximate surface area is 84.8 Å². The van der Waals surface area contributed by atoms with Crippen LogP contribution in [0.25, 0.3) is 6.08 Å². The predicted molar refractivity (Wildman–Crippen MR) is 57.7 cm³/mol. The third-order valence-electron chi connectivity index (χ3n) is 2.84. The maximum Gasteiger partial charge on any atom is 0.126 e. The third kappa shape index (κ3) is 2.48. The number of furan rings is 1. The quantitative estimate of drug-likeness (QED) is 0.794. The predicted octanol–water partition coefficient (Wildman–Crippen LogP) is 2.95. The summed E-state index contributed by atoms with van der Waals surface area (Å²) in [5.41, 5.74) is 7.53. The lowest BCUT2D eigenvalue weighted by atomic mass is 10.1. The van der Waals surface area contributed by atoms with Crippen LogP contribution in [0.3, 0.4) is 0 Å². The Morgan fingerprint density at radius 1 is 1.64 bits per heavy atom. The van der Waals surface area contributed by atoms with Crippen molar-refractivity contribution >= 4 is 6.08 Å². The molecule has 0 spiro atoms. The van der Waals surface area contributed by atoms with Gasteiger partial charge in [-0.1, -0.05) is 5.57 Å². The molecule has 1 aromatic heterocycles. The molecule has 1 saturated carbocycles. The fraction of sp³-hybridized carbons (Fsp3) is 0.500. The van der Waals surface area contributed by atoms with Gasteiger partial charge in [-0.2, -0.15) is 0 Å². The van der Waals surface area contributed by atoms with E-state index in [1.807, 2.05) is 12.1 Å². The highest BCUT2D eigenvalue weighted by molar-refractivity contribution is 5.46. The molecule has 1 aliphatic rings. The number of hydrogen-bond acceptors (Lipinski definition) is 2. The van der Waals surface area contributed by atoms with Gasteiger partial charge in [0.25, 0.3) is 0 Å². The molecule has 0 aliphatic heterocycles. The van der Waals surface area contributed by atoms with E-state index in [1.54, 1.807) is 6.26 Å². The van der Waals surface area contributed by atoms with Crippen LogP contribution in [0.5, 0.6) is 0 Å². The molecule has 0 amide bonds. The molecule has 2 nitrogen and oxygen atoms in total. The monoisotopic (exact) mass is 191 g/mol. The molecule has 0 atom stereocenters. The summed E-state index contributed by atoms with van der Waals surface area (Å²) in [4.78, 5) is 0. The number of nitrogens with two attached hydrogens (primary N) is 1. The van der Waals surface area contributed by atoms with Gasteiger partial charge in [-0.05, 0) is 50.8 Å². The minimum atomic E-state index is 0.165. The molecule has 0 unspecified atom stereocenters. The van der Waals surface area contributed by atoms with Crippen molar-refractivity contribution in [2.24, 2.45) is 5.73 Å². The van der Waals surface area contributed by atoms with E-state index in [0.29, 0.717) is 0 Å². The van der Waals surface area contributed by atoms with Gasteiger partial charge in [0.1, 0.15) is 5.76 Å². The Bertz CT molecular complexity index is 320. The molecular weight excluding hydrogens is 174 g/mol. The summed E-state index contributed by atoms with van der Waals surface area (Å²) < 4.78 is 5.24. The van der Waals surface area contributed by atoms with E-state index < -0.39 is 0 Å². The molecule has 76 valence electrons. The molecular formula is C12H17NO. The maximum absolute atomic E-state index is 6.02. The SMILES string of the molecule is C/C(=C\c1ccco1)CCC1(N)CC1. The van der Waals surface area contributed by atoms with Crippen LogP contribution in [0, 0.1) is 0 Å². The normalized spacial score (nSPS) is 19.7. The Morgan fingerprint density at radius 3 is 3.00 bits per heavy atom. The van der Waals surface area contributed by atoms with E-state index in [-0.39, 0.29) is 5.54 Å². The zero-order valence-electron chi connectivity index (χ0n) is 8.62. The maximum atomic E-state index is 6.02. The van der Waals surface area contributed by atoms with E-state index in [1.165, 1.54) is 18.4 Å². The van der Waals surface area contributed by atoms with Gasteiger partial charge >= 0.3 is 0 Å². The average Bonchev–Trinajstić information content (AvgIpc) is 2.67. The van der Waals surface area contributed by atoms with Crippen LogP contribution in [-0.4, -0.2) is 5.54 Å². The molecule has 0 aromatic carbocycles. The fourth-order valence-corrected chi connectivity index (χ4v) is 1.55. The molecule has 14 heavy (non-hydrogen) atoms. The van der Waals surface area contributed by atoms with Crippen LogP contribution in [0.1, 0.15) is 38.4 Å². The molecule has 1 heterocycles. The summed E-state index contributed by atoms with van der Waals surface area (Å²) in [5, 5.41) is 0. The Morgan fingerprint density at radius 2 is 2.43 bits per heavy atom.